The molecule has 0 atom stereocenters. The van der Waals surface area contributed by atoms with E-state index in [1.54, 1.807) is 12.1 Å². The second-order valence-corrected chi connectivity index (χ2v) is 1.77. The molecule has 1 rings (SSSR count). The molecule has 0 radical (unpaired) electrons. The Bertz CT molecular complexity index is 283. The van der Waals surface area contributed by atoms with Crippen molar-refractivity contribution >= 4 is 0 Å². The van der Waals surface area contributed by atoms with Gasteiger partial charge in [0.25, 0.3) is 0 Å². The fraction of sp³-hybridized carbons (Fsp3) is 0. The summed E-state index contributed by atoms with van der Waals surface area (Å²) in [5.41, 5.74) is 0.475. The fourth-order valence-electron chi connectivity index (χ4n) is 0.638. The number of phenols is 1. The van der Waals surface area contributed by atoms with Crippen molar-refractivity contribution < 1.29 is 9.50 Å². The van der Waals surface area contributed by atoms with E-state index in [2.05, 4.69) is 5.92 Å². The first-order valence-corrected chi connectivity index (χ1v) is 2.73. The molecule has 10 heavy (non-hydrogen) atoms. The second-order valence-electron chi connectivity index (χ2n) is 1.77. The van der Waals surface area contributed by atoms with Crippen LogP contribution in [0.25, 0.3) is 0 Å². The van der Waals surface area contributed by atoms with Crippen LogP contribution in [0.15, 0.2) is 24.3 Å². The van der Waals surface area contributed by atoms with Gasteiger partial charge in [-0.1, -0.05) is 6.07 Å². The number of benzene rings is 1. The SMILES string of the molecule is Oc1cccc(C#CF)c1. The third-order valence-electron chi connectivity index (χ3n) is 1.04. The maximum atomic E-state index is 11.4. The Balaban J connectivity index is 3.03. The van der Waals surface area contributed by atoms with Gasteiger partial charge in [0.05, 0.1) is 0 Å². The van der Waals surface area contributed by atoms with Crippen LogP contribution in [0, 0.1) is 12.1 Å². The number of aromatic hydroxyl groups is 1. The van der Waals surface area contributed by atoms with Crippen molar-refractivity contribution in [1.82, 2.24) is 0 Å². The van der Waals surface area contributed by atoms with E-state index < -0.39 is 0 Å². The number of hydrogen-bond acceptors (Lipinski definition) is 1. The highest BCUT2D eigenvalue weighted by Crippen LogP contribution is 2.09. The molecule has 1 nitrogen and oxygen atoms in total. The summed E-state index contributed by atoms with van der Waals surface area (Å²) in [4.78, 5) is 0. The molecular weight excluding hydrogens is 131 g/mol. The summed E-state index contributed by atoms with van der Waals surface area (Å²) in [7, 11) is 0. The molecule has 0 aliphatic rings. The number of hydrogen-bond donors (Lipinski definition) is 1. The van der Waals surface area contributed by atoms with Gasteiger partial charge in [0, 0.05) is 5.56 Å². The van der Waals surface area contributed by atoms with Crippen molar-refractivity contribution in [3.63, 3.8) is 0 Å². The van der Waals surface area contributed by atoms with Gasteiger partial charge in [-0.15, -0.1) is 4.39 Å². The molecule has 0 spiro atoms. The summed E-state index contributed by atoms with van der Waals surface area (Å²) in [5.74, 6) is 2.27. The van der Waals surface area contributed by atoms with E-state index >= 15 is 0 Å². The van der Waals surface area contributed by atoms with E-state index in [1.165, 1.54) is 18.3 Å². The minimum atomic E-state index is 0.0975. The Morgan fingerprint density at radius 3 is 2.80 bits per heavy atom. The quantitative estimate of drug-likeness (QED) is 0.538. The monoisotopic (exact) mass is 136 g/mol. The molecule has 0 amide bonds. The van der Waals surface area contributed by atoms with Gasteiger partial charge in [-0.2, -0.15) is 0 Å². The highest BCUT2D eigenvalue weighted by atomic mass is 19.1. The summed E-state index contributed by atoms with van der Waals surface area (Å²) >= 11 is 0. The number of phenolic OH excluding ortho intramolecular Hbond substituents is 1. The van der Waals surface area contributed by atoms with Gasteiger partial charge in [0.1, 0.15) is 11.9 Å². The van der Waals surface area contributed by atoms with E-state index in [0.29, 0.717) is 5.56 Å². The first kappa shape index (κ1) is 6.63. The highest BCUT2D eigenvalue weighted by Gasteiger charge is 1.87. The summed E-state index contributed by atoms with van der Waals surface area (Å²) in [5, 5.41) is 8.85. The smallest absolute Gasteiger partial charge is 0.116 e. The van der Waals surface area contributed by atoms with E-state index in [9.17, 15) is 4.39 Å². The fourth-order valence-corrected chi connectivity index (χ4v) is 0.638. The van der Waals surface area contributed by atoms with Crippen molar-refractivity contribution in [3.8, 4) is 17.8 Å². The Morgan fingerprint density at radius 1 is 1.40 bits per heavy atom. The average molecular weight is 136 g/mol. The number of rotatable bonds is 0. The van der Waals surface area contributed by atoms with Crippen LogP contribution in [-0.2, 0) is 0 Å². The normalized spacial score (nSPS) is 8.10. The van der Waals surface area contributed by atoms with Crippen LogP contribution in [0.5, 0.6) is 5.75 Å². The van der Waals surface area contributed by atoms with Crippen molar-refractivity contribution in [1.29, 1.82) is 0 Å². The first-order valence-electron chi connectivity index (χ1n) is 2.73. The Kier molecular flexibility index (Phi) is 1.91. The third-order valence-corrected chi connectivity index (χ3v) is 1.04. The lowest BCUT2D eigenvalue weighted by Gasteiger charge is -1.89. The van der Waals surface area contributed by atoms with Gasteiger partial charge in [-0.05, 0) is 24.1 Å². The van der Waals surface area contributed by atoms with Crippen molar-refractivity contribution in [2.45, 2.75) is 0 Å². The van der Waals surface area contributed by atoms with Crippen molar-refractivity contribution in [2.75, 3.05) is 0 Å². The van der Waals surface area contributed by atoms with Crippen molar-refractivity contribution in [3.05, 3.63) is 29.8 Å². The maximum Gasteiger partial charge on any atom is 0.116 e. The van der Waals surface area contributed by atoms with Gasteiger partial charge < -0.3 is 5.11 Å². The van der Waals surface area contributed by atoms with Gasteiger partial charge >= 0.3 is 0 Å². The van der Waals surface area contributed by atoms with E-state index in [1.807, 2.05) is 0 Å². The van der Waals surface area contributed by atoms with Crippen LogP contribution in [0.1, 0.15) is 5.56 Å². The van der Waals surface area contributed by atoms with Crippen LogP contribution in [-0.4, -0.2) is 5.11 Å². The van der Waals surface area contributed by atoms with Crippen molar-refractivity contribution in [2.24, 2.45) is 0 Å². The summed E-state index contributed by atoms with van der Waals surface area (Å²) < 4.78 is 11.4. The van der Waals surface area contributed by atoms with Crippen LogP contribution in [0.3, 0.4) is 0 Å². The van der Waals surface area contributed by atoms with E-state index in [0.717, 1.165) is 0 Å². The molecule has 0 bridgehead atoms. The molecule has 0 aromatic heterocycles. The molecule has 1 N–H and O–H groups in total. The zero-order valence-electron chi connectivity index (χ0n) is 5.13. The van der Waals surface area contributed by atoms with E-state index in [-0.39, 0.29) is 5.75 Å². The largest absolute Gasteiger partial charge is 0.508 e. The van der Waals surface area contributed by atoms with Crippen LogP contribution >= 0.6 is 0 Å². The zero-order chi connectivity index (χ0) is 7.40. The Morgan fingerprint density at radius 2 is 2.20 bits per heavy atom. The van der Waals surface area contributed by atoms with Crippen LogP contribution in [0.2, 0.25) is 0 Å². The molecule has 2 heteroatoms. The maximum absolute atomic E-state index is 11.4. The standard InChI is InChI=1S/C8H5FO/c9-5-4-7-2-1-3-8(10)6-7/h1-3,6,10H. The van der Waals surface area contributed by atoms with E-state index in [4.69, 9.17) is 5.11 Å². The molecule has 0 saturated heterocycles. The predicted molar refractivity (Wildman–Crippen MR) is 36.1 cm³/mol. The molecule has 0 unspecified atom stereocenters. The third kappa shape index (κ3) is 1.49. The van der Waals surface area contributed by atoms with Gasteiger partial charge in [0.2, 0.25) is 0 Å². The molecule has 0 aliphatic carbocycles. The first-order chi connectivity index (χ1) is 4.83. The molecule has 0 saturated carbocycles. The molecule has 50 valence electrons. The Hall–Kier alpha value is -1.49. The Labute approximate surface area is 58.1 Å². The summed E-state index contributed by atoms with van der Waals surface area (Å²) in [6.07, 6.45) is 1.25. The van der Waals surface area contributed by atoms with Gasteiger partial charge in [-0.25, -0.2) is 0 Å². The molecule has 0 fully saturated rings. The average Bonchev–Trinajstić information content (AvgIpc) is 1.88. The van der Waals surface area contributed by atoms with Gasteiger partial charge in [0.15, 0.2) is 0 Å². The summed E-state index contributed by atoms with van der Waals surface area (Å²) in [6, 6.07) is 6.12. The predicted octanol–water partition coefficient (Wildman–Crippen LogP) is 1.67. The molecule has 0 aliphatic heterocycles. The van der Waals surface area contributed by atoms with Gasteiger partial charge in [-0.3, -0.25) is 0 Å². The molecular formula is C8H5FO. The zero-order valence-corrected chi connectivity index (χ0v) is 5.13. The van der Waals surface area contributed by atoms with Crippen LogP contribution in [0.4, 0.5) is 4.39 Å². The topological polar surface area (TPSA) is 20.2 Å². The second kappa shape index (κ2) is 2.88. The minimum Gasteiger partial charge on any atom is -0.508 e. The lowest BCUT2D eigenvalue weighted by atomic mass is 10.2. The number of halogens is 1. The molecule has 0 heterocycles. The highest BCUT2D eigenvalue weighted by molar-refractivity contribution is 5.38. The molecule has 1 aromatic carbocycles. The summed E-state index contributed by atoms with van der Waals surface area (Å²) in [6.45, 7) is 0. The molecule has 1 aromatic rings. The minimum absolute atomic E-state index is 0.0975. The lowest BCUT2D eigenvalue weighted by molar-refractivity contribution is 0.475. The van der Waals surface area contributed by atoms with Crippen LogP contribution < -0.4 is 0 Å². The lowest BCUT2D eigenvalue weighted by Crippen LogP contribution is -1.70.